The Bertz CT molecular complexity index is 321. The van der Waals surface area contributed by atoms with Crippen molar-refractivity contribution in [3.8, 4) is 5.75 Å². The molecule has 0 aliphatic carbocycles. The van der Waals surface area contributed by atoms with Crippen molar-refractivity contribution in [2.24, 2.45) is 5.73 Å². The zero-order valence-electron chi connectivity index (χ0n) is 10.6. The molecule has 1 aromatic rings. The lowest BCUT2D eigenvalue weighted by Gasteiger charge is -2.12. The van der Waals surface area contributed by atoms with Gasteiger partial charge in [-0.15, -0.1) is 0 Å². The predicted molar refractivity (Wildman–Crippen MR) is 69.1 cm³/mol. The summed E-state index contributed by atoms with van der Waals surface area (Å²) in [5.74, 6) is 1.57. The van der Waals surface area contributed by atoms with Gasteiger partial charge in [0, 0.05) is 0 Å². The fourth-order valence-electron chi connectivity index (χ4n) is 1.79. The summed E-state index contributed by atoms with van der Waals surface area (Å²) in [6.07, 6.45) is 3.27. The highest BCUT2D eigenvalue weighted by Crippen LogP contribution is 2.25. The van der Waals surface area contributed by atoms with E-state index in [-0.39, 0.29) is 0 Å². The van der Waals surface area contributed by atoms with Crippen LogP contribution >= 0.6 is 0 Å². The lowest BCUT2D eigenvalue weighted by atomic mass is 9.99. The van der Waals surface area contributed by atoms with Crippen LogP contribution in [0.15, 0.2) is 18.2 Å². The molecule has 0 radical (unpaired) electrons. The summed E-state index contributed by atoms with van der Waals surface area (Å²) in [6, 6.07) is 6.54. The van der Waals surface area contributed by atoms with Crippen molar-refractivity contribution in [1.29, 1.82) is 0 Å². The van der Waals surface area contributed by atoms with E-state index < -0.39 is 0 Å². The number of hydrogen-bond acceptors (Lipinski definition) is 2. The fourth-order valence-corrected chi connectivity index (χ4v) is 1.79. The molecule has 0 aliphatic rings. The molecule has 0 saturated heterocycles. The normalized spacial score (nSPS) is 10.8. The third-order valence-corrected chi connectivity index (χ3v) is 2.88. The Kier molecular flexibility index (Phi) is 5.33. The van der Waals surface area contributed by atoms with Crippen LogP contribution in [0, 0.1) is 0 Å². The second-order valence-corrected chi connectivity index (χ2v) is 4.47. The van der Waals surface area contributed by atoms with Crippen molar-refractivity contribution in [2.45, 2.75) is 39.0 Å². The van der Waals surface area contributed by atoms with Gasteiger partial charge in [0.15, 0.2) is 0 Å². The van der Waals surface area contributed by atoms with Crippen LogP contribution in [-0.4, -0.2) is 13.7 Å². The van der Waals surface area contributed by atoms with E-state index in [9.17, 15) is 0 Å². The van der Waals surface area contributed by atoms with Gasteiger partial charge in [0.25, 0.3) is 0 Å². The minimum atomic E-state index is 0.548. The number of nitrogens with two attached hydrogens (primary N) is 1. The summed E-state index contributed by atoms with van der Waals surface area (Å²) in [5, 5.41) is 0. The van der Waals surface area contributed by atoms with Crippen LogP contribution in [0.3, 0.4) is 0 Å². The van der Waals surface area contributed by atoms with Crippen molar-refractivity contribution >= 4 is 0 Å². The first-order valence-electron chi connectivity index (χ1n) is 6.06. The third-order valence-electron chi connectivity index (χ3n) is 2.88. The Morgan fingerprint density at radius 3 is 2.56 bits per heavy atom. The van der Waals surface area contributed by atoms with Gasteiger partial charge in [-0.05, 0) is 48.9 Å². The SMILES string of the molecule is COc1cc(C(C)C)ccc1CCCCN. The molecule has 2 nitrogen and oxygen atoms in total. The topological polar surface area (TPSA) is 35.2 Å². The second kappa shape index (κ2) is 6.54. The van der Waals surface area contributed by atoms with E-state index in [0.717, 1.165) is 31.6 Å². The van der Waals surface area contributed by atoms with Gasteiger partial charge in [-0.25, -0.2) is 0 Å². The zero-order chi connectivity index (χ0) is 12.0. The highest BCUT2D eigenvalue weighted by Gasteiger charge is 2.06. The van der Waals surface area contributed by atoms with Crippen LogP contribution < -0.4 is 10.5 Å². The van der Waals surface area contributed by atoms with Gasteiger partial charge in [-0.3, -0.25) is 0 Å². The lowest BCUT2D eigenvalue weighted by molar-refractivity contribution is 0.408. The lowest BCUT2D eigenvalue weighted by Crippen LogP contribution is -2.00. The van der Waals surface area contributed by atoms with Crippen LogP contribution in [0.2, 0.25) is 0 Å². The van der Waals surface area contributed by atoms with Crippen molar-refractivity contribution in [2.75, 3.05) is 13.7 Å². The van der Waals surface area contributed by atoms with E-state index in [0.29, 0.717) is 5.92 Å². The van der Waals surface area contributed by atoms with Crippen molar-refractivity contribution in [3.05, 3.63) is 29.3 Å². The maximum absolute atomic E-state index is 5.50. The van der Waals surface area contributed by atoms with E-state index in [1.165, 1.54) is 11.1 Å². The van der Waals surface area contributed by atoms with Gasteiger partial charge in [-0.2, -0.15) is 0 Å². The maximum Gasteiger partial charge on any atom is 0.122 e. The molecule has 0 unspecified atom stereocenters. The van der Waals surface area contributed by atoms with Crippen LogP contribution in [0.25, 0.3) is 0 Å². The summed E-state index contributed by atoms with van der Waals surface area (Å²) in [5.41, 5.74) is 8.12. The monoisotopic (exact) mass is 221 g/mol. The molecule has 90 valence electrons. The second-order valence-electron chi connectivity index (χ2n) is 4.47. The van der Waals surface area contributed by atoms with Crippen molar-refractivity contribution in [3.63, 3.8) is 0 Å². The molecular weight excluding hydrogens is 198 g/mol. The van der Waals surface area contributed by atoms with E-state index >= 15 is 0 Å². The average Bonchev–Trinajstić information content (AvgIpc) is 2.29. The number of hydrogen-bond donors (Lipinski definition) is 1. The largest absolute Gasteiger partial charge is 0.496 e. The summed E-state index contributed by atoms with van der Waals surface area (Å²) in [6.45, 7) is 5.16. The van der Waals surface area contributed by atoms with E-state index in [1.54, 1.807) is 7.11 Å². The summed E-state index contributed by atoms with van der Waals surface area (Å²) in [7, 11) is 1.74. The van der Waals surface area contributed by atoms with Crippen molar-refractivity contribution in [1.82, 2.24) is 0 Å². The van der Waals surface area contributed by atoms with Gasteiger partial charge < -0.3 is 10.5 Å². The molecule has 0 bridgehead atoms. The van der Waals surface area contributed by atoms with Crippen molar-refractivity contribution < 1.29 is 4.74 Å². The molecule has 0 amide bonds. The minimum absolute atomic E-state index is 0.548. The number of unbranched alkanes of at least 4 members (excludes halogenated alkanes) is 1. The Morgan fingerprint density at radius 2 is 2.00 bits per heavy atom. The number of ether oxygens (including phenoxy) is 1. The molecule has 0 spiro atoms. The molecule has 0 saturated carbocycles. The standard InChI is InChI=1S/C14H23NO/c1-11(2)13-8-7-12(6-4-5-9-15)14(10-13)16-3/h7-8,10-11H,4-6,9,15H2,1-3H3. The molecule has 1 rings (SSSR count). The van der Waals surface area contributed by atoms with Gasteiger partial charge >= 0.3 is 0 Å². The van der Waals surface area contributed by atoms with Gasteiger partial charge in [-0.1, -0.05) is 26.0 Å². The summed E-state index contributed by atoms with van der Waals surface area (Å²) in [4.78, 5) is 0. The zero-order valence-corrected chi connectivity index (χ0v) is 10.6. The Balaban J connectivity index is 2.76. The predicted octanol–water partition coefficient (Wildman–Crippen LogP) is 3.10. The van der Waals surface area contributed by atoms with Crippen LogP contribution in [0.5, 0.6) is 5.75 Å². The first kappa shape index (κ1) is 13.0. The van der Waals surface area contributed by atoms with Gasteiger partial charge in [0.2, 0.25) is 0 Å². The highest BCUT2D eigenvalue weighted by molar-refractivity contribution is 5.38. The smallest absolute Gasteiger partial charge is 0.122 e. The van der Waals surface area contributed by atoms with Crippen LogP contribution in [0.4, 0.5) is 0 Å². The van der Waals surface area contributed by atoms with E-state index in [2.05, 4.69) is 32.0 Å². The van der Waals surface area contributed by atoms with Gasteiger partial charge in [0.05, 0.1) is 7.11 Å². The summed E-state index contributed by atoms with van der Waals surface area (Å²) >= 11 is 0. The quantitative estimate of drug-likeness (QED) is 0.749. The molecule has 0 atom stereocenters. The van der Waals surface area contributed by atoms with Crippen LogP contribution in [-0.2, 0) is 6.42 Å². The minimum Gasteiger partial charge on any atom is -0.496 e. The number of rotatable bonds is 6. The molecule has 1 aromatic carbocycles. The van der Waals surface area contributed by atoms with Crippen LogP contribution in [0.1, 0.15) is 43.7 Å². The van der Waals surface area contributed by atoms with E-state index in [4.69, 9.17) is 10.5 Å². The first-order valence-corrected chi connectivity index (χ1v) is 6.06. The molecule has 0 aliphatic heterocycles. The number of methoxy groups -OCH3 is 1. The molecule has 0 aromatic heterocycles. The highest BCUT2D eigenvalue weighted by atomic mass is 16.5. The molecular formula is C14H23NO. The molecule has 2 heteroatoms. The Labute approximate surface area is 98.8 Å². The fraction of sp³-hybridized carbons (Fsp3) is 0.571. The molecule has 2 N–H and O–H groups in total. The Morgan fingerprint density at radius 1 is 1.25 bits per heavy atom. The average molecular weight is 221 g/mol. The molecule has 0 heterocycles. The summed E-state index contributed by atoms with van der Waals surface area (Å²) < 4.78 is 5.44. The third kappa shape index (κ3) is 3.53. The molecule has 16 heavy (non-hydrogen) atoms. The Hall–Kier alpha value is -1.02. The maximum atomic E-state index is 5.50. The first-order chi connectivity index (χ1) is 7.69. The molecule has 0 fully saturated rings. The number of aryl methyl sites for hydroxylation is 1. The number of benzene rings is 1. The van der Waals surface area contributed by atoms with Gasteiger partial charge in [0.1, 0.15) is 5.75 Å². The van der Waals surface area contributed by atoms with E-state index in [1.807, 2.05) is 0 Å².